The highest BCUT2D eigenvalue weighted by molar-refractivity contribution is 5.73. The van der Waals surface area contributed by atoms with E-state index in [1.54, 1.807) is 6.92 Å². The molecule has 1 aromatic heterocycles. The first-order chi connectivity index (χ1) is 8.54. The van der Waals surface area contributed by atoms with Gasteiger partial charge in [-0.3, -0.25) is 4.79 Å². The summed E-state index contributed by atoms with van der Waals surface area (Å²) in [5, 5.41) is 3.20. The molecule has 0 spiro atoms. The highest BCUT2D eigenvalue weighted by atomic mass is 16.1. The predicted molar refractivity (Wildman–Crippen MR) is 70.9 cm³/mol. The molecule has 6 N–H and O–H groups in total. The lowest BCUT2D eigenvalue weighted by molar-refractivity contribution is -0.118. The van der Waals surface area contributed by atoms with Crippen LogP contribution < -0.4 is 22.3 Å². The maximum atomic E-state index is 10.6. The van der Waals surface area contributed by atoms with Gasteiger partial charge in [-0.05, 0) is 26.7 Å². The summed E-state index contributed by atoms with van der Waals surface area (Å²) in [6, 6.07) is 0. The fraction of sp³-hybridized carbons (Fsp3) is 0.545. The molecular formula is C11H20N6O. The first-order valence-corrected chi connectivity index (χ1v) is 5.88. The van der Waals surface area contributed by atoms with Crippen LogP contribution in [0.2, 0.25) is 0 Å². The molecule has 0 aliphatic rings. The van der Waals surface area contributed by atoms with Gasteiger partial charge in [-0.25, -0.2) is 15.8 Å². The number of amides is 1. The fourth-order valence-electron chi connectivity index (χ4n) is 1.57. The van der Waals surface area contributed by atoms with Gasteiger partial charge < -0.3 is 16.5 Å². The standard InChI is InChI=1S/C11H20N6O/c1-7-10(14-6-4-3-5-9(12)18)15-8(2)16-11(7)17-13/h3-6,13H2,1-2H3,(H2,12,18)(H2,14,15,16,17). The summed E-state index contributed by atoms with van der Waals surface area (Å²) in [5.41, 5.74) is 8.48. The average molecular weight is 252 g/mol. The van der Waals surface area contributed by atoms with Crippen LogP contribution in [0.15, 0.2) is 0 Å². The number of anilines is 2. The Morgan fingerprint density at radius 3 is 2.50 bits per heavy atom. The zero-order chi connectivity index (χ0) is 13.5. The van der Waals surface area contributed by atoms with Gasteiger partial charge in [-0.15, -0.1) is 0 Å². The first-order valence-electron chi connectivity index (χ1n) is 5.88. The lowest BCUT2D eigenvalue weighted by Crippen LogP contribution is -2.15. The summed E-state index contributed by atoms with van der Waals surface area (Å²) in [5.74, 6) is 7.13. The summed E-state index contributed by atoms with van der Waals surface area (Å²) in [6.07, 6.45) is 2.04. The molecule has 1 heterocycles. The van der Waals surface area contributed by atoms with Gasteiger partial charge in [0.25, 0.3) is 0 Å². The normalized spacial score (nSPS) is 10.2. The van der Waals surface area contributed by atoms with Crippen LogP contribution in [0.3, 0.4) is 0 Å². The van der Waals surface area contributed by atoms with Crippen molar-refractivity contribution in [2.24, 2.45) is 11.6 Å². The zero-order valence-corrected chi connectivity index (χ0v) is 10.8. The molecule has 0 aliphatic carbocycles. The molecule has 0 aromatic carbocycles. The number of nitrogens with two attached hydrogens (primary N) is 2. The number of aromatic nitrogens is 2. The number of rotatable bonds is 7. The zero-order valence-electron chi connectivity index (χ0n) is 10.8. The Morgan fingerprint density at radius 2 is 1.89 bits per heavy atom. The molecule has 1 rings (SSSR count). The van der Waals surface area contributed by atoms with Crippen LogP contribution in [0, 0.1) is 13.8 Å². The third-order valence-electron chi connectivity index (χ3n) is 2.54. The Morgan fingerprint density at radius 1 is 1.22 bits per heavy atom. The smallest absolute Gasteiger partial charge is 0.217 e. The maximum absolute atomic E-state index is 10.6. The predicted octanol–water partition coefficient (Wildman–Crippen LogP) is 0.447. The number of carbonyl (C=O) groups is 1. The Bertz CT molecular complexity index is 420. The van der Waals surface area contributed by atoms with Gasteiger partial charge in [0, 0.05) is 18.5 Å². The van der Waals surface area contributed by atoms with Crippen molar-refractivity contribution in [2.45, 2.75) is 33.1 Å². The largest absolute Gasteiger partial charge is 0.370 e. The van der Waals surface area contributed by atoms with E-state index in [-0.39, 0.29) is 5.91 Å². The van der Waals surface area contributed by atoms with E-state index in [0.717, 1.165) is 30.8 Å². The molecule has 7 nitrogen and oxygen atoms in total. The second-order valence-corrected chi connectivity index (χ2v) is 4.09. The highest BCUT2D eigenvalue weighted by Gasteiger charge is 2.07. The average Bonchev–Trinajstić information content (AvgIpc) is 2.32. The van der Waals surface area contributed by atoms with Crippen LogP contribution in [0.1, 0.15) is 30.7 Å². The second-order valence-electron chi connectivity index (χ2n) is 4.09. The number of nitrogen functional groups attached to an aromatic ring is 1. The van der Waals surface area contributed by atoms with Crippen molar-refractivity contribution in [1.82, 2.24) is 9.97 Å². The number of hydrogen-bond acceptors (Lipinski definition) is 6. The van der Waals surface area contributed by atoms with Crippen molar-refractivity contribution in [2.75, 3.05) is 17.3 Å². The van der Waals surface area contributed by atoms with E-state index in [0.29, 0.717) is 18.1 Å². The highest BCUT2D eigenvalue weighted by Crippen LogP contribution is 2.18. The third kappa shape index (κ3) is 4.17. The molecule has 0 saturated carbocycles. The van der Waals surface area contributed by atoms with Crippen LogP contribution in [0.25, 0.3) is 0 Å². The van der Waals surface area contributed by atoms with Crippen LogP contribution in [-0.4, -0.2) is 22.4 Å². The summed E-state index contributed by atoms with van der Waals surface area (Å²) < 4.78 is 0. The summed E-state index contributed by atoms with van der Waals surface area (Å²) >= 11 is 0. The molecule has 0 radical (unpaired) electrons. The Labute approximate surface area is 106 Å². The number of hydrogen-bond donors (Lipinski definition) is 4. The fourth-order valence-corrected chi connectivity index (χ4v) is 1.57. The molecule has 18 heavy (non-hydrogen) atoms. The second kappa shape index (κ2) is 6.75. The van der Waals surface area contributed by atoms with Gasteiger partial charge in [0.1, 0.15) is 17.5 Å². The van der Waals surface area contributed by atoms with Crippen molar-refractivity contribution >= 4 is 17.5 Å². The molecule has 0 unspecified atom stereocenters. The molecule has 0 saturated heterocycles. The van der Waals surface area contributed by atoms with E-state index in [2.05, 4.69) is 20.7 Å². The SMILES string of the molecule is Cc1nc(NN)c(C)c(NCCCCC(N)=O)n1. The van der Waals surface area contributed by atoms with Crippen LogP contribution in [-0.2, 0) is 4.79 Å². The molecule has 0 fully saturated rings. The Hall–Kier alpha value is -1.89. The first kappa shape index (κ1) is 14.2. The molecule has 0 bridgehead atoms. The van der Waals surface area contributed by atoms with Crippen LogP contribution >= 0.6 is 0 Å². The molecule has 0 atom stereocenters. The monoisotopic (exact) mass is 252 g/mol. The number of nitrogens with zero attached hydrogens (tertiary/aromatic N) is 2. The van der Waals surface area contributed by atoms with Crippen molar-refractivity contribution in [1.29, 1.82) is 0 Å². The van der Waals surface area contributed by atoms with E-state index >= 15 is 0 Å². The molecule has 7 heteroatoms. The van der Waals surface area contributed by atoms with Crippen LogP contribution in [0.5, 0.6) is 0 Å². The minimum atomic E-state index is -0.265. The Balaban J connectivity index is 2.51. The molecule has 1 aromatic rings. The van der Waals surface area contributed by atoms with Gasteiger partial charge in [-0.2, -0.15) is 0 Å². The van der Waals surface area contributed by atoms with Crippen LogP contribution in [0.4, 0.5) is 11.6 Å². The lowest BCUT2D eigenvalue weighted by atomic mass is 10.2. The van der Waals surface area contributed by atoms with Gasteiger partial charge in [0.05, 0.1) is 0 Å². The number of unbranched alkanes of at least 4 members (excludes halogenated alkanes) is 1. The molecular weight excluding hydrogens is 232 g/mol. The third-order valence-corrected chi connectivity index (χ3v) is 2.54. The minimum absolute atomic E-state index is 0.265. The molecule has 1 amide bonds. The van der Waals surface area contributed by atoms with Crippen molar-refractivity contribution in [3.63, 3.8) is 0 Å². The summed E-state index contributed by atoms with van der Waals surface area (Å²) in [4.78, 5) is 19.0. The van der Waals surface area contributed by atoms with Crippen molar-refractivity contribution in [3.05, 3.63) is 11.4 Å². The van der Waals surface area contributed by atoms with Crippen molar-refractivity contribution in [3.8, 4) is 0 Å². The van der Waals surface area contributed by atoms with E-state index in [1.165, 1.54) is 0 Å². The van der Waals surface area contributed by atoms with E-state index < -0.39 is 0 Å². The maximum Gasteiger partial charge on any atom is 0.217 e. The number of hydrazine groups is 1. The molecule has 0 aliphatic heterocycles. The topological polar surface area (TPSA) is 119 Å². The quantitative estimate of drug-likeness (QED) is 0.318. The van der Waals surface area contributed by atoms with Crippen molar-refractivity contribution < 1.29 is 4.79 Å². The lowest BCUT2D eigenvalue weighted by Gasteiger charge is -2.12. The number of primary amides is 1. The summed E-state index contributed by atoms with van der Waals surface area (Å²) in [6.45, 7) is 4.42. The van der Waals surface area contributed by atoms with Gasteiger partial charge in [0.2, 0.25) is 5.91 Å². The Kier molecular flexibility index (Phi) is 5.31. The van der Waals surface area contributed by atoms with E-state index in [4.69, 9.17) is 11.6 Å². The van der Waals surface area contributed by atoms with Gasteiger partial charge in [0.15, 0.2) is 0 Å². The number of carbonyl (C=O) groups excluding carboxylic acids is 1. The number of nitrogens with one attached hydrogen (secondary N) is 2. The van der Waals surface area contributed by atoms with E-state index in [9.17, 15) is 4.79 Å². The van der Waals surface area contributed by atoms with Gasteiger partial charge >= 0.3 is 0 Å². The molecule has 100 valence electrons. The number of aryl methyl sites for hydroxylation is 1. The van der Waals surface area contributed by atoms with E-state index in [1.807, 2.05) is 6.92 Å². The summed E-state index contributed by atoms with van der Waals surface area (Å²) in [7, 11) is 0. The minimum Gasteiger partial charge on any atom is -0.370 e. The van der Waals surface area contributed by atoms with Gasteiger partial charge in [-0.1, -0.05) is 0 Å².